The number of amides is 3. The fraction of sp³-hybridized carbons (Fsp3) is 0. The fourth-order valence-electron chi connectivity index (χ4n) is 1.98. The Hall–Kier alpha value is -2.44. The van der Waals surface area contributed by atoms with E-state index in [-0.39, 0.29) is 10.5 Å². The Morgan fingerprint density at radius 1 is 1.09 bits per heavy atom. The maximum atomic E-state index is 12.4. The molecule has 0 N–H and O–H groups in total. The van der Waals surface area contributed by atoms with Crippen molar-refractivity contribution in [2.24, 2.45) is 0 Å². The van der Waals surface area contributed by atoms with Crippen molar-refractivity contribution in [1.29, 1.82) is 0 Å². The number of imide groups is 3. The molecule has 1 fully saturated rings. The number of rotatable bonds is 2. The summed E-state index contributed by atoms with van der Waals surface area (Å²) < 4.78 is 0. The Bertz CT molecular complexity index is 819. The second-order valence-corrected chi connectivity index (χ2v) is 6.04. The zero-order valence-corrected chi connectivity index (χ0v) is 13.2. The van der Waals surface area contributed by atoms with Gasteiger partial charge in [-0.1, -0.05) is 23.7 Å². The largest absolute Gasteiger partial charge is 0.300 e. The molecule has 0 atom stereocenters. The molecule has 2 aromatic rings. The normalized spacial score (nSPS) is 16.2. The Balaban J connectivity index is 1.88. The molecule has 0 spiro atoms. The van der Waals surface area contributed by atoms with Crippen molar-refractivity contribution >= 4 is 46.5 Å². The van der Waals surface area contributed by atoms with E-state index in [1.165, 1.54) is 24.5 Å². The molecule has 1 aromatic heterocycles. The minimum atomic E-state index is -0.658. The van der Waals surface area contributed by atoms with Crippen LogP contribution in [0.4, 0.5) is 4.79 Å². The van der Waals surface area contributed by atoms with Crippen LogP contribution < -0.4 is 0 Å². The van der Waals surface area contributed by atoms with Gasteiger partial charge in [0.15, 0.2) is 0 Å². The van der Waals surface area contributed by atoms with Gasteiger partial charge in [0.05, 0.1) is 4.91 Å². The molecular weight excluding hydrogens is 336 g/mol. The summed E-state index contributed by atoms with van der Waals surface area (Å²) in [6.07, 6.45) is 4.41. The SMILES string of the molecule is O=C1S/C(=C\c2ccc(Cl)cc2)C(=O)N1C(=O)c1ccncc1. The number of hydrogen-bond acceptors (Lipinski definition) is 5. The third-order valence-corrected chi connectivity index (χ3v) is 4.21. The van der Waals surface area contributed by atoms with E-state index in [0.29, 0.717) is 9.92 Å². The highest BCUT2D eigenvalue weighted by molar-refractivity contribution is 8.18. The fourth-order valence-corrected chi connectivity index (χ4v) is 2.92. The number of thioether (sulfide) groups is 1. The van der Waals surface area contributed by atoms with Crippen molar-refractivity contribution < 1.29 is 14.4 Å². The van der Waals surface area contributed by atoms with Crippen LogP contribution in [0, 0.1) is 0 Å². The minimum Gasteiger partial charge on any atom is -0.268 e. The molecule has 114 valence electrons. The molecule has 3 rings (SSSR count). The average Bonchev–Trinajstić information content (AvgIpc) is 2.84. The van der Waals surface area contributed by atoms with E-state index >= 15 is 0 Å². The van der Waals surface area contributed by atoms with Crippen LogP contribution in [0.5, 0.6) is 0 Å². The van der Waals surface area contributed by atoms with Crippen LogP contribution in [0.2, 0.25) is 5.02 Å². The molecule has 7 heteroatoms. The Morgan fingerprint density at radius 3 is 2.39 bits per heavy atom. The van der Waals surface area contributed by atoms with Crippen LogP contribution in [0.15, 0.2) is 53.7 Å². The molecule has 0 unspecified atom stereocenters. The van der Waals surface area contributed by atoms with Crippen LogP contribution in [0.1, 0.15) is 15.9 Å². The zero-order valence-electron chi connectivity index (χ0n) is 11.6. The van der Waals surface area contributed by atoms with Crippen LogP contribution >= 0.6 is 23.4 Å². The first-order valence-corrected chi connectivity index (χ1v) is 7.73. The lowest BCUT2D eigenvalue weighted by molar-refractivity contribution is -0.120. The summed E-state index contributed by atoms with van der Waals surface area (Å²) in [6, 6.07) is 9.71. The monoisotopic (exact) mass is 344 g/mol. The van der Waals surface area contributed by atoms with Gasteiger partial charge in [-0.05, 0) is 47.7 Å². The topological polar surface area (TPSA) is 67.3 Å². The number of carbonyl (C=O) groups is 3. The van der Waals surface area contributed by atoms with Crippen LogP contribution in [-0.2, 0) is 4.79 Å². The lowest BCUT2D eigenvalue weighted by Crippen LogP contribution is -2.34. The average molecular weight is 345 g/mol. The first kappa shape index (κ1) is 15.5. The molecule has 0 aliphatic carbocycles. The molecule has 0 bridgehead atoms. The number of aromatic nitrogens is 1. The highest BCUT2D eigenvalue weighted by Crippen LogP contribution is 2.33. The molecule has 23 heavy (non-hydrogen) atoms. The van der Waals surface area contributed by atoms with Gasteiger partial charge in [0, 0.05) is 23.0 Å². The van der Waals surface area contributed by atoms with E-state index in [4.69, 9.17) is 11.6 Å². The summed E-state index contributed by atoms with van der Waals surface area (Å²) in [5.41, 5.74) is 0.950. The number of hydrogen-bond donors (Lipinski definition) is 0. The van der Waals surface area contributed by atoms with Gasteiger partial charge in [-0.15, -0.1) is 0 Å². The highest BCUT2D eigenvalue weighted by atomic mass is 35.5. The molecule has 2 heterocycles. The standard InChI is InChI=1S/C16H9ClN2O3S/c17-12-3-1-10(2-4-12)9-13-15(21)19(16(22)23-13)14(20)11-5-7-18-8-6-11/h1-9H/b13-9-. The second-order valence-electron chi connectivity index (χ2n) is 4.61. The van der Waals surface area contributed by atoms with Gasteiger partial charge in [0.1, 0.15) is 0 Å². The summed E-state index contributed by atoms with van der Waals surface area (Å²) in [4.78, 5) is 41.3. The van der Waals surface area contributed by atoms with Crippen molar-refractivity contribution in [3.05, 3.63) is 69.8 Å². The lowest BCUT2D eigenvalue weighted by atomic mass is 10.2. The second kappa shape index (κ2) is 6.36. The summed E-state index contributed by atoms with van der Waals surface area (Å²) in [5, 5.41) is -0.0415. The van der Waals surface area contributed by atoms with Gasteiger partial charge < -0.3 is 0 Å². The maximum absolute atomic E-state index is 12.4. The third-order valence-electron chi connectivity index (χ3n) is 3.09. The van der Waals surface area contributed by atoms with E-state index in [1.807, 2.05) is 0 Å². The third kappa shape index (κ3) is 3.18. The van der Waals surface area contributed by atoms with Gasteiger partial charge in [-0.3, -0.25) is 19.4 Å². The zero-order chi connectivity index (χ0) is 16.4. The Kier molecular flexibility index (Phi) is 4.27. The molecule has 1 aromatic carbocycles. The van der Waals surface area contributed by atoms with Crippen molar-refractivity contribution in [1.82, 2.24) is 9.88 Å². The molecule has 3 amide bonds. The van der Waals surface area contributed by atoms with E-state index in [9.17, 15) is 14.4 Å². The molecule has 1 saturated heterocycles. The van der Waals surface area contributed by atoms with E-state index in [0.717, 1.165) is 17.3 Å². The lowest BCUT2D eigenvalue weighted by Gasteiger charge is -2.09. The van der Waals surface area contributed by atoms with Crippen molar-refractivity contribution in [2.75, 3.05) is 0 Å². The van der Waals surface area contributed by atoms with Crippen LogP contribution in [0.25, 0.3) is 6.08 Å². The van der Waals surface area contributed by atoms with E-state index in [1.54, 1.807) is 30.3 Å². The maximum Gasteiger partial charge on any atom is 0.300 e. The minimum absolute atomic E-state index is 0.194. The Labute approximate surface area is 141 Å². The molecule has 0 radical (unpaired) electrons. The highest BCUT2D eigenvalue weighted by Gasteiger charge is 2.40. The molecular formula is C16H9ClN2O3S. The summed E-state index contributed by atoms with van der Waals surface area (Å²) in [7, 11) is 0. The van der Waals surface area contributed by atoms with E-state index in [2.05, 4.69) is 4.98 Å². The Morgan fingerprint density at radius 2 is 1.74 bits per heavy atom. The van der Waals surface area contributed by atoms with Crippen molar-refractivity contribution in [3.8, 4) is 0 Å². The van der Waals surface area contributed by atoms with Crippen LogP contribution in [-0.4, -0.2) is 26.9 Å². The predicted octanol–water partition coefficient (Wildman–Crippen LogP) is 3.61. The number of pyridine rings is 1. The van der Waals surface area contributed by atoms with E-state index < -0.39 is 17.1 Å². The van der Waals surface area contributed by atoms with Gasteiger partial charge in [-0.25, -0.2) is 4.90 Å². The van der Waals surface area contributed by atoms with Gasteiger partial charge in [0.25, 0.3) is 11.8 Å². The molecule has 1 aliphatic rings. The number of benzene rings is 1. The summed E-state index contributed by atoms with van der Waals surface area (Å²) in [6.45, 7) is 0. The van der Waals surface area contributed by atoms with Crippen LogP contribution in [0.3, 0.4) is 0 Å². The van der Waals surface area contributed by atoms with Gasteiger partial charge in [0.2, 0.25) is 0 Å². The molecule has 5 nitrogen and oxygen atoms in total. The molecule has 1 aliphatic heterocycles. The van der Waals surface area contributed by atoms with Crippen molar-refractivity contribution in [2.45, 2.75) is 0 Å². The number of nitrogens with zero attached hydrogens (tertiary/aromatic N) is 2. The molecule has 0 saturated carbocycles. The first-order chi connectivity index (χ1) is 11.1. The van der Waals surface area contributed by atoms with Crippen molar-refractivity contribution in [3.63, 3.8) is 0 Å². The number of halogens is 1. The summed E-state index contributed by atoms with van der Waals surface area (Å²) >= 11 is 6.54. The summed E-state index contributed by atoms with van der Waals surface area (Å²) in [5.74, 6) is -1.29. The van der Waals surface area contributed by atoms with Gasteiger partial charge >= 0.3 is 5.24 Å². The smallest absolute Gasteiger partial charge is 0.268 e. The van der Waals surface area contributed by atoms with Gasteiger partial charge in [-0.2, -0.15) is 0 Å². The quantitative estimate of drug-likeness (QED) is 0.615. The first-order valence-electron chi connectivity index (χ1n) is 6.54. The predicted molar refractivity (Wildman–Crippen MR) is 87.8 cm³/mol. The number of carbonyl (C=O) groups excluding carboxylic acids is 3.